The molecule has 4 rings (SSSR count). The van der Waals surface area contributed by atoms with Crippen LogP contribution in [0.5, 0.6) is 0 Å². The van der Waals surface area contributed by atoms with E-state index in [1.165, 1.54) is 34.7 Å². The smallest absolute Gasteiger partial charge is 0.419 e. The van der Waals surface area contributed by atoms with Crippen molar-refractivity contribution in [3.05, 3.63) is 71.8 Å². The van der Waals surface area contributed by atoms with Crippen molar-refractivity contribution in [2.24, 2.45) is 0 Å². The van der Waals surface area contributed by atoms with Gasteiger partial charge in [-0.05, 0) is 35.4 Å². The number of rotatable bonds is 9. The first-order chi connectivity index (χ1) is 19.8. The van der Waals surface area contributed by atoms with Crippen LogP contribution < -0.4 is 20.7 Å². The zero-order valence-corrected chi connectivity index (χ0v) is 25.0. The Balaban J connectivity index is 1.74. The lowest BCUT2D eigenvalue weighted by atomic mass is 10.0. The van der Waals surface area contributed by atoms with Gasteiger partial charge in [0.15, 0.2) is 9.84 Å². The summed E-state index contributed by atoms with van der Waals surface area (Å²) in [6.07, 6.45) is -6.83. The number of aromatic amines is 1. The lowest BCUT2D eigenvalue weighted by Gasteiger charge is -2.39. The number of benzene rings is 2. The molecule has 0 atom stereocenters. The predicted molar refractivity (Wildman–Crippen MR) is 149 cm³/mol. The molecule has 43 heavy (non-hydrogen) atoms. The zero-order valence-electron chi connectivity index (χ0n) is 21.8. The number of amides is 1. The minimum atomic E-state index is -5.01. The van der Waals surface area contributed by atoms with Crippen molar-refractivity contribution in [1.82, 2.24) is 23.9 Å². The van der Waals surface area contributed by atoms with Gasteiger partial charge in [-0.15, -0.1) is 0 Å². The number of hydrogen-bond acceptors (Lipinski definition) is 8. The standard InChI is InChI=1S/C23H22Cl2F3N5O8S2/c1-2-42(38,39)17-4-3-12(24)5-11(17)7-33-20(34)14-6-16(23(26,27)28)15(18(25)19(14)29-21(33)35)10-32-8-13(9-32)30-43(40,41)31-22(36)37/h3-6,13,30-31H,2,7-10H2,1H3,(H,29,35)(H,36,37). The molecule has 1 aliphatic heterocycles. The number of carboxylic acid groups (broad SMARTS) is 1. The fourth-order valence-electron chi connectivity index (χ4n) is 4.61. The summed E-state index contributed by atoms with van der Waals surface area (Å²) in [5.41, 5.74) is -4.43. The minimum Gasteiger partial charge on any atom is -0.464 e. The van der Waals surface area contributed by atoms with E-state index in [9.17, 15) is 44.4 Å². The summed E-state index contributed by atoms with van der Waals surface area (Å²) >= 11 is 12.3. The van der Waals surface area contributed by atoms with Crippen LogP contribution in [0.2, 0.25) is 10.0 Å². The zero-order chi connectivity index (χ0) is 32.1. The van der Waals surface area contributed by atoms with Gasteiger partial charge in [0.1, 0.15) is 0 Å². The molecule has 1 saturated heterocycles. The first-order valence-corrected chi connectivity index (χ1v) is 16.0. The molecule has 0 spiro atoms. The van der Waals surface area contributed by atoms with E-state index < -0.39 is 84.2 Å². The van der Waals surface area contributed by atoms with Crippen molar-refractivity contribution in [2.45, 2.75) is 37.1 Å². The number of nitrogens with zero attached hydrogens (tertiary/aromatic N) is 2. The minimum absolute atomic E-state index is 0.0263. The Bertz CT molecular complexity index is 1960. The molecule has 1 fully saturated rings. The highest BCUT2D eigenvalue weighted by molar-refractivity contribution is 7.91. The Morgan fingerprint density at radius 2 is 1.77 bits per heavy atom. The van der Waals surface area contributed by atoms with Crippen LogP contribution in [0.25, 0.3) is 10.9 Å². The molecule has 1 aliphatic rings. The number of carbonyl (C=O) groups is 1. The van der Waals surface area contributed by atoms with Crippen molar-refractivity contribution in [1.29, 1.82) is 0 Å². The van der Waals surface area contributed by atoms with Crippen LogP contribution in [-0.2, 0) is 39.3 Å². The van der Waals surface area contributed by atoms with Gasteiger partial charge in [-0.1, -0.05) is 30.1 Å². The number of likely N-dealkylation sites (tertiary alicyclic amines) is 1. The molecule has 1 aromatic heterocycles. The summed E-state index contributed by atoms with van der Waals surface area (Å²) in [6, 6.07) is 3.46. The number of alkyl halides is 3. The highest BCUT2D eigenvalue weighted by atomic mass is 35.5. The van der Waals surface area contributed by atoms with Crippen LogP contribution in [0, 0.1) is 0 Å². The second kappa shape index (κ2) is 11.7. The van der Waals surface area contributed by atoms with Crippen molar-refractivity contribution < 1.29 is 39.9 Å². The lowest BCUT2D eigenvalue weighted by molar-refractivity contribution is -0.138. The summed E-state index contributed by atoms with van der Waals surface area (Å²) in [5, 5.41) is 7.52. The van der Waals surface area contributed by atoms with Crippen molar-refractivity contribution >= 4 is 60.2 Å². The third kappa shape index (κ3) is 6.99. The van der Waals surface area contributed by atoms with Gasteiger partial charge in [0.25, 0.3) is 5.56 Å². The van der Waals surface area contributed by atoms with Gasteiger partial charge in [-0.25, -0.2) is 22.7 Å². The number of nitrogens with one attached hydrogen (secondary N) is 3. The van der Waals surface area contributed by atoms with Gasteiger partial charge in [-0.3, -0.25) is 14.3 Å². The Morgan fingerprint density at radius 1 is 1.12 bits per heavy atom. The molecule has 0 saturated carbocycles. The summed E-state index contributed by atoms with van der Waals surface area (Å²) in [6.45, 7) is 0.0953. The number of H-pyrrole nitrogens is 1. The van der Waals surface area contributed by atoms with Crippen LogP contribution >= 0.6 is 23.2 Å². The van der Waals surface area contributed by atoms with Crippen LogP contribution in [0.4, 0.5) is 18.0 Å². The summed E-state index contributed by atoms with van der Waals surface area (Å²) in [7, 11) is -8.24. The Labute approximate surface area is 251 Å². The van der Waals surface area contributed by atoms with Crippen molar-refractivity contribution in [3.63, 3.8) is 0 Å². The third-order valence-electron chi connectivity index (χ3n) is 6.57. The van der Waals surface area contributed by atoms with Crippen molar-refractivity contribution in [2.75, 3.05) is 18.8 Å². The number of aromatic nitrogens is 2. The molecule has 2 aromatic carbocycles. The van der Waals surface area contributed by atoms with Crippen molar-refractivity contribution in [3.8, 4) is 0 Å². The van der Waals surface area contributed by atoms with E-state index in [0.29, 0.717) is 10.6 Å². The Kier molecular flexibility index (Phi) is 8.94. The summed E-state index contributed by atoms with van der Waals surface area (Å²) in [5.74, 6) is -0.305. The molecule has 234 valence electrons. The van der Waals surface area contributed by atoms with Crippen LogP contribution in [0.1, 0.15) is 23.6 Å². The second-order valence-electron chi connectivity index (χ2n) is 9.53. The fourth-order valence-corrected chi connectivity index (χ4v) is 7.10. The maximum Gasteiger partial charge on any atom is 0.419 e. The maximum atomic E-state index is 14.2. The van der Waals surface area contributed by atoms with Crippen LogP contribution in [0.3, 0.4) is 0 Å². The molecule has 0 unspecified atom stereocenters. The highest BCUT2D eigenvalue weighted by Crippen LogP contribution is 2.39. The largest absolute Gasteiger partial charge is 0.464 e. The normalized spacial score (nSPS) is 15.0. The third-order valence-corrected chi connectivity index (χ3v) is 10.1. The van der Waals surface area contributed by atoms with Gasteiger partial charge >= 0.3 is 28.2 Å². The van der Waals surface area contributed by atoms with E-state index in [4.69, 9.17) is 28.3 Å². The van der Waals surface area contributed by atoms with Gasteiger partial charge in [0.05, 0.1) is 38.7 Å². The first-order valence-electron chi connectivity index (χ1n) is 12.1. The summed E-state index contributed by atoms with van der Waals surface area (Å²) < 4.78 is 94.9. The topological polar surface area (TPSA) is 188 Å². The quantitative estimate of drug-likeness (QED) is 0.261. The molecule has 4 N–H and O–H groups in total. The van der Waals surface area contributed by atoms with E-state index in [0.717, 1.165) is 0 Å². The van der Waals surface area contributed by atoms with E-state index in [1.54, 1.807) is 0 Å². The van der Waals surface area contributed by atoms with Crippen LogP contribution in [-0.4, -0.2) is 67.4 Å². The van der Waals surface area contributed by atoms with Gasteiger partial charge in [-0.2, -0.15) is 26.3 Å². The maximum absolute atomic E-state index is 14.2. The Morgan fingerprint density at radius 3 is 2.35 bits per heavy atom. The van der Waals surface area contributed by atoms with Gasteiger partial charge in [0.2, 0.25) is 0 Å². The molecule has 3 aromatic rings. The van der Waals surface area contributed by atoms with Gasteiger partial charge in [0, 0.05) is 30.7 Å². The highest BCUT2D eigenvalue weighted by Gasteiger charge is 2.38. The number of sulfone groups is 1. The molecule has 13 nitrogen and oxygen atoms in total. The molecule has 0 aliphatic carbocycles. The van der Waals surface area contributed by atoms with E-state index >= 15 is 0 Å². The number of hydrogen-bond donors (Lipinski definition) is 4. The molecule has 1 amide bonds. The molecule has 0 radical (unpaired) electrons. The second-order valence-corrected chi connectivity index (χ2v) is 14.0. The van der Waals surface area contributed by atoms with Gasteiger partial charge < -0.3 is 10.1 Å². The number of halogens is 5. The van der Waals surface area contributed by atoms with E-state index in [-0.39, 0.29) is 39.8 Å². The lowest BCUT2D eigenvalue weighted by Crippen LogP contribution is -2.60. The molecule has 20 heteroatoms. The number of fused-ring (bicyclic) bond motifs is 1. The Hall–Kier alpha value is -3.16. The average Bonchev–Trinajstić information content (AvgIpc) is 2.85. The SMILES string of the molecule is CCS(=O)(=O)c1ccc(Cl)cc1Cn1c(=O)[nH]c2c(Cl)c(CN3CC(NS(=O)(=O)NC(=O)O)C3)c(C(F)(F)F)cc2c1=O. The average molecular weight is 688 g/mol. The first kappa shape index (κ1) is 32.7. The molecule has 2 heterocycles. The predicted octanol–water partition coefficient (Wildman–Crippen LogP) is 2.14. The van der Waals surface area contributed by atoms with E-state index in [1.807, 2.05) is 4.72 Å². The monoisotopic (exact) mass is 687 g/mol. The molecule has 0 bridgehead atoms. The molecular weight excluding hydrogens is 666 g/mol. The van der Waals surface area contributed by atoms with Crippen LogP contribution in [0.15, 0.2) is 38.8 Å². The molecular formula is C23H22Cl2F3N5O8S2. The summed E-state index contributed by atoms with van der Waals surface area (Å²) in [4.78, 5) is 40.4. The van der Waals surface area contributed by atoms with E-state index in [2.05, 4.69) is 4.98 Å². The fraction of sp³-hybridized carbons (Fsp3) is 0.348.